The molecule has 0 saturated heterocycles. The third-order valence-corrected chi connectivity index (χ3v) is 7.46. The molecule has 0 bridgehead atoms. The van der Waals surface area contributed by atoms with E-state index in [4.69, 9.17) is 15.5 Å². The molecule has 1 aliphatic rings. The number of hydrogen-bond donors (Lipinski definition) is 0. The number of benzene rings is 1. The zero-order valence-electron chi connectivity index (χ0n) is 14.4. The molecule has 2 atom stereocenters. The Kier molecular flexibility index (Phi) is 6.40. The van der Waals surface area contributed by atoms with Crippen molar-refractivity contribution in [3.63, 3.8) is 0 Å². The van der Waals surface area contributed by atoms with Crippen molar-refractivity contribution >= 4 is 13.4 Å². The number of carbonyl (C=O) groups is 1. The largest absolute Gasteiger partial charge is 0.345 e. The van der Waals surface area contributed by atoms with Crippen LogP contribution in [0, 0.1) is 12.3 Å². The van der Waals surface area contributed by atoms with E-state index in [1.165, 1.54) is 0 Å². The second-order valence-electron chi connectivity index (χ2n) is 5.90. The Balaban J connectivity index is 2.65. The second kappa shape index (κ2) is 8.12. The van der Waals surface area contributed by atoms with Gasteiger partial charge in [0, 0.05) is 6.42 Å². The van der Waals surface area contributed by atoms with Crippen LogP contribution in [0.2, 0.25) is 0 Å². The van der Waals surface area contributed by atoms with Gasteiger partial charge in [-0.1, -0.05) is 42.7 Å². The van der Waals surface area contributed by atoms with Crippen LogP contribution in [0.15, 0.2) is 30.3 Å². The fourth-order valence-electron chi connectivity index (χ4n) is 3.55. The highest BCUT2D eigenvalue weighted by atomic mass is 31.2. The van der Waals surface area contributed by atoms with Gasteiger partial charge in [-0.25, -0.2) is 0 Å². The monoisotopic (exact) mass is 348 g/mol. The third kappa shape index (κ3) is 3.22. The molecule has 1 aromatic carbocycles. The lowest BCUT2D eigenvalue weighted by Gasteiger charge is -2.43. The van der Waals surface area contributed by atoms with E-state index < -0.39 is 18.7 Å². The molecule has 0 aliphatic heterocycles. The highest BCUT2D eigenvalue weighted by molar-refractivity contribution is 7.57. The van der Waals surface area contributed by atoms with Gasteiger partial charge in [-0.15, -0.1) is 6.42 Å². The summed E-state index contributed by atoms with van der Waals surface area (Å²) in [4.78, 5) is 13.1. The Hall–Kier alpha value is -1.40. The molecule has 0 amide bonds. The van der Waals surface area contributed by atoms with Crippen LogP contribution in [0.3, 0.4) is 0 Å². The standard InChI is InChI=1S/C19H25O4P/c1-4-17(16-12-8-7-9-13-16)19(15-11-10-14-18(19)20)24(21,22-5-2)23-6-3/h1,7-9,12-13,17H,5-6,10-11,14-15H2,2-3H3/t17?,19-/m0/s1. The van der Waals surface area contributed by atoms with Gasteiger partial charge in [-0.3, -0.25) is 9.36 Å². The van der Waals surface area contributed by atoms with E-state index in [9.17, 15) is 9.36 Å². The van der Waals surface area contributed by atoms with Crippen LogP contribution in [0.1, 0.15) is 51.0 Å². The average Bonchev–Trinajstić information content (AvgIpc) is 2.58. The summed E-state index contributed by atoms with van der Waals surface area (Å²) in [5.74, 6) is 1.99. The first-order valence-corrected chi connectivity index (χ1v) is 10.0. The summed E-state index contributed by atoms with van der Waals surface area (Å²) in [6, 6.07) is 9.36. The lowest BCUT2D eigenvalue weighted by molar-refractivity contribution is -0.124. The maximum atomic E-state index is 13.7. The molecular formula is C19H25O4P. The third-order valence-electron chi connectivity index (χ3n) is 4.56. The van der Waals surface area contributed by atoms with Crippen LogP contribution in [-0.4, -0.2) is 24.2 Å². The van der Waals surface area contributed by atoms with E-state index in [2.05, 4.69) is 5.92 Å². The topological polar surface area (TPSA) is 52.6 Å². The lowest BCUT2D eigenvalue weighted by atomic mass is 9.75. The zero-order chi connectivity index (χ0) is 17.6. The van der Waals surface area contributed by atoms with Crippen LogP contribution >= 0.6 is 7.60 Å². The van der Waals surface area contributed by atoms with Crippen LogP contribution in [0.5, 0.6) is 0 Å². The minimum absolute atomic E-state index is 0.106. The molecule has 1 aliphatic carbocycles. The van der Waals surface area contributed by atoms with Crippen molar-refractivity contribution in [2.75, 3.05) is 13.2 Å². The van der Waals surface area contributed by atoms with Gasteiger partial charge in [0.1, 0.15) is 5.16 Å². The summed E-state index contributed by atoms with van der Waals surface area (Å²) in [5, 5.41) is -1.30. The normalized spacial score (nSPS) is 22.8. The predicted molar refractivity (Wildman–Crippen MR) is 95.1 cm³/mol. The molecule has 0 radical (unpaired) electrons. The smallest absolute Gasteiger partial charge is 0.308 e. The molecule has 130 valence electrons. The molecule has 5 heteroatoms. The minimum atomic E-state index is -3.71. The molecule has 1 saturated carbocycles. The van der Waals surface area contributed by atoms with Crippen LogP contribution < -0.4 is 0 Å². The lowest BCUT2D eigenvalue weighted by Crippen LogP contribution is -2.47. The Morgan fingerprint density at radius 3 is 2.33 bits per heavy atom. The van der Waals surface area contributed by atoms with Crippen molar-refractivity contribution in [2.45, 2.75) is 50.6 Å². The van der Waals surface area contributed by atoms with Crippen LogP contribution in [-0.2, 0) is 18.4 Å². The Bertz CT molecular complexity index is 639. The highest BCUT2D eigenvalue weighted by Gasteiger charge is 2.61. The van der Waals surface area contributed by atoms with Crippen LogP contribution in [0.25, 0.3) is 0 Å². The van der Waals surface area contributed by atoms with Gasteiger partial charge in [-0.2, -0.15) is 0 Å². The molecule has 0 aromatic heterocycles. The summed E-state index contributed by atoms with van der Waals surface area (Å²) >= 11 is 0. The van der Waals surface area contributed by atoms with E-state index in [0.29, 0.717) is 12.8 Å². The van der Waals surface area contributed by atoms with E-state index in [1.54, 1.807) is 13.8 Å². The first-order valence-electron chi connectivity index (χ1n) is 8.49. The first-order chi connectivity index (χ1) is 11.6. The second-order valence-corrected chi connectivity index (χ2v) is 8.21. The van der Waals surface area contributed by atoms with Gasteiger partial charge < -0.3 is 9.05 Å². The SMILES string of the molecule is C#CC(c1ccccc1)[C@@]1(P(=O)(OCC)OCC)CCCCC1=O. The molecule has 1 aromatic rings. The van der Waals surface area contributed by atoms with E-state index in [0.717, 1.165) is 18.4 Å². The first kappa shape index (κ1) is 18.9. The molecule has 4 nitrogen and oxygen atoms in total. The molecular weight excluding hydrogens is 323 g/mol. The molecule has 1 unspecified atom stereocenters. The predicted octanol–water partition coefficient (Wildman–Crippen LogP) is 4.55. The Morgan fingerprint density at radius 2 is 1.83 bits per heavy atom. The molecule has 2 rings (SSSR count). The number of hydrogen-bond acceptors (Lipinski definition) is 4. The molecule has 0 heterocycles. The number of rotatable bonds is 7. The molecule has 0 spiro atoms. The van der Waals surface area contributed by atoms with E-state index in [-0.39, 0.29) is 19.0 Å². The van der Waals surface area contributed by atoms with Crippen molar-refractivity contribution in [3.05, 3.63) is 35.9 Å². The maximum Gasteiger partial charge on any atom is 0.345 e. The number of ketones is 1. The number of carbonyl (C=O) groups excluding carboxylic acids is 1. The summed E-state index contributed by atoms with van der Waals surface area (Å²) in [6.45, 7) is 3.91. The highest BCUT2D eigenvalue weighted by Crippen LogP contribution is 2.68. The number of terminal acetylenes is 1. The van der Waals surface area contributed by atoms with Gasteiger partial charge in [0.05, 0.1) is 19.1 Å². The van der Waals surface area contributed by atoms with Gasteiger partial charge >= 0.3 is 7.60 Å². The van der Waals surface area contributed by atoms with E-state index >= 15 is 0 Å². The average molecular weight is 348 g/mol. The van der Waals surface area contributed by atoms with Gasteiger partial charge in [-0.05, 0) is 32.3 Å². The minimum Gasteiger partial charge on any atom is -0.308 e. The zero-order valence-corrected chi connectivity index (χ0v) is 15.3. The van der Waals surface area contributed by atoms with Crippen molar-refractivity contribution in [2.24, 2.45) is 0 Å². The summed E-state index contributed by atoms with van der Waals surface area (Å²) in [5.41, 5.74) is 0.801. The summed E-state index contributed by atoms with van der Waals surface area (Å²) in [7, 11) is -3.71. The van der Waals surface area contributed by atoms with Crippen molar-refractivity contribution in [1.29, 1.82) is 0 Å². The Labute approximate surface area is 144 Å². The fraction of sp³-hybridized carbons (Fsp3) is 0.526. The molecule has 0 N–H and O–H groups in total. The molecule has 24 heavy (non-hydrogen) atoms. The van der Waals surface area contributed by atoms with Crippen molar-refractivity contribution in [3.8, 4) is 12.3 Å². The van der Waals surface area contributed by atoms with Crippen LogP contribution in [0.4, 0.5) is 0 Å². The fourth-order valence-corrected chi connectivity index (χ4v) is 6.16. The summed E-state index contributed by atoms with van der Waals surface area (Å²) in [6.07, 6.45) is 8.18. The van der Waals surface area contributed by atoms with Gasteiger partial charge in [0.2, 0.25) is 0 Å². The quantitative estimate of drug-likeness (QED) is 0.536. The number of Topliss-reactive ketones (excluding diaryl/α,β-unsaturated/α-hetero) is 1. The summed E-state index contributed by atoms with van der Waals surface area (Å²) < 4.78 is 24.9. The van der Waals surface area contributed by atoms with Crippen molar-refractivity contribution in [1.82, 2.24) is 0 Å². The molecule has 1 fully saturated rings. The van der Waals surface area contributed by atoms with Crippen molar-refractivity contribution < 1.29 is 18.4 Å². The van der Waals surface area contributed by atoms with E-state index in [1.807, 2.05) is 30.3 Å². The Morgan fingerprint density at radius 1 is 1.21 bits per heavy atom. The van der Waals surface area contributed by atoms with Gasteiger partial charge in [0.15, 0.2) is 5.78 Å². The van der Waals surface area contributed by atoms with Gasteiger partial charge in [0.25, 0.3) is 0 Å². The maximum absolute atomic E-state index is 13.7.